The van der Waals surface area contributed by atoms with E-state index in [1.807, 2.05) is 0 Å². The minimum absolute atomic E-state index is 0.137. The molecular formula is C21H42O4. The maximum atomic E-state index is 10.2. The molecule has 1 N–H and O–H groups in total. The van der Waals surface area contributed by atoms with E-state index in [1.54, 1.807) is 0 Å². The Morgan fingerprint density at radius 1 is 0.960 bits per heavy atom. The van der Waals surface area contributed by atoms with Gasteiger partial charge in [0.1, 0.15) is 18.3 Å². The monoisotopic (exact) mass is 358 g/mol. The second-order valence-corrected chi connectivity index (χ2v) is 7.61. The molecule has 0 saturated carbocycles. The first-order valence-corrected chi connectivity index (χ1v) is 10.6. The molecule has 5 atom stereocenters. The van der Waals surface area contributed by atoms with Gasteiger partial charge < -0.3 is 19.3 Å². The molecule has 1 aliphatic rings. The van der Waals surface area contributed by atoms with Gasteiger partial charge in [0.15, 0.2) is 0 Å². The molecule has 3 unspecified atom stereocenters. The molecule has 0 bridgehead atoms. The first-order valence-electron chi connectivity index (χ1n) is 10.6. The molecule has 0 aromatic heterocycles. The lowest BCUT2D eigenvalue weighted by Crippen LogP contribution is -2.37. The summed E-state index contributed by atoms with van der Waals surface area (Å²) in [4.78, 5) is 0. The van der Waals surface area contributed by atoms with Gasteiger partial charge in [-0.3, -0.25) is 0 Å². The summed E-state index contributed by atoms with van der Waals surface area (Å²) in [5, 5.41) is 10.2. The second-order valence-electron chi connectivity index (χ2n) is 7.61. The average molecular weight is 359 g/mol. The molecule has 0 aliphatic carbocycles. The van der Waals surface area contributed by atoms with Crippen molar-refractivity contribution in [3.05, 3.63) is 0 Å². The molecule has 150 valence electrons. The highest BCUT2D eigenvalue weighted by Gasteiger charge is 2.37. The Morgan fingerprint density at radius 2 is 1.56 bits per heavy atom. The summed E-state index contributed by atoms with van der Waals surface area (Å²) in [6.45, 7) is 11.3. The van der Waals surface area contributed by atoms with E-state index in [0.717, 1.165) is 19.4 Å². The number of aliphatic hydroxyl groups excluding tert-OH is 1. The van der Waals surface area contributed by atoms with E-state index in [4.69, 9.17) is 14.2 Å². The number of hydrogen-bond donors (Lipinski definition) is 1. The van der Waals surface area contributed by atoms with Crippen LogP contribution in [0.3, 0.4) is 0 Å². The third-order valence-electron chi connectivity index (χ3n) is 5.47. The summed E-state index contributed by atoms with van der Waals surface area (Å²) in [5.74, 6) is 1.21. The highest BCUT2D eigenvalue weighted by atomic mass is 16.6. The van der Waals surface area contributed by atoms with Crippen LogP contribution < -0.4 is 0 Å². The lowest BCUT2D eigenvalue weighted by Gasteiger charge is -2.24. The van der Waals surface area contributed by atoms with Crippen LogP contribution in [0.15, 0.2) is 0 Å². The topological polar surface area (TPSA) is 47.9 Å². The molecule has 1 saturated heterocycles. The largest absolute Gasteiger partial charge is 0.388 e. The fraction of sp³-hybridized carbons (Fsp3) is 1.00. The van der Waals surface area contributed by atoms with Gasteiger partial charge in [-0.2, -0.15) is 0 Å². The summed E-state index contributed by atoms with van der Waals surface area (Å²) < 4.78 is 17.7. The minimum atomic E-state index is -0.528. The third-order valence-corrected chi connectivity index (χ3v) is 5.47. The molecule has 4 nitrogen and oxygen atoms in total. The molecule has 0 aromatic carbocycles. The van der Waals surface area contributed by atoms with Crippen molar-refractivity contribution in [2.75, 3.05) is 26.4 Å². The van der Waals surface area contributed by atoms with Crippen molar-refractivity contribution in [2.45, 2.75) is 97.4 Å². The predicted octanol–water partition coefficient (Wildman–Crippen LogP) is 4.58. The van der Waals surface area contributed by atoms with E-state index in [2.05, 4.69) is 27.7 Å². The Bertz CT molecular complexity index is 310. The summed E-state index contributed by atoms with van der Waals surface area (Å²) in [5.41, 5.74) is 0. The Hall–Kier alpha value is -0.160. The zero-order chi connectivity index (χ0) is 18.5. The molecule has 0 amide bonds. The zero-order valence-corrected chi connectivity index (χ0v) is 17.0. The average Bonchev–Trinajstić information content (AvgIpc) is 2.98. The van der Waals surface area contributed by atoms with Gasteiger partial charge in [-0.1, -0.05) is 66.2 Å². The van der Waals surface area contributed by atoms with Crippen molar-refractivity contribution < 1.29 is 19.3 Å². The van der Waals surface area contributed by atoms with Crippen molar-refractivity contribution in [1.29, 1.82) is 0 Å². The molecule has 1 fully saturated rings. The van der Waals surface area contributed by atoms with Crippen LogP contribution in [-0.4, -0.2) is 49.8 Å². The number of rotatable bonds is 15. The fourth-order valence-corrected chi connectivity index (χ4v) is 3.42. The Labute approximate surface area is 155 Å². The smallest absolute Gasteiger partial charge is 0.114 e. The van der Waals surface area contributed by atoms with Gasteiger partial charge in [0, 0.05) is 6.61 Å². The molecule has 1 aliphatic heterocycles. The molecule has 1 rings (SSSR count). The summed E-state index contributed by atoms with van der Waals surface area (Å²) in [6.07, 6.45) is 8.78. The third kappa shape index (κ3) is 8.85. The van der Waals surface area contributed by atoms with Crippen molar-refractivity contribution in [3.63, 3.8) is 0 Å². The maximum absolute atomic E-state index is 10.2. The molecule has 25 heavy (non-hydrogen) atoms. The molecule has 4 heteroatoms. The quantitative estimate of drug-likeness (QED) is 0.465. The highest BCUT2D eigenvalue weighted by molar-refractivity contribution is 4.85. The number of ether oxygens (including phenoxy) is 3. The molecular weight excluding hydrogens is 316 g/mol. The van der Waals surface area contributed by atoms with Crippen LogP contribution in [0.1, 0.15) is 79.1 Å². The van der Waals surface area contributed by atoms with Crippen LogP contribution in [0.25, 0.3) is 0 Å². The first-order chi connectivity index (χ1) is 12.2. The van der Waals surface area contributed by atoms with Gasteiger partial charge in [0.2, 0.25) is 0 Å². The van der Waals surface area contributed by atoms with Crippen LogP contribution in [0.4, 0.5) is 0 Å². The fourth-order valence-electron chi connectivity index (χ4n) is 3.42. The normalized spacial score (nSPS) is 26.0. The molecule has 0 radical (unpaired) electrons. The summed E-state index contributed by atoms with van der Waals surface area (Å²) in [7, 11) is 0. The van der Waals surface area contributed by atoms with Gasteiger partial charge in [0.25, 0.3) is 0 Å². The summed E-state index contributed by atoms with van der Waals surface area (Å²) >= 11 is 0. The summed E-state index contributed by atoms with van der Waals surface area (Å²) in [6, 6.07) is 0. The van der Waals surface area contributed by atoms with E-state index in [1.165, 1.54) is 38.5 Å². The number of unbranched alkanes of at least 4 members (excludes halogenated alkanes) is 2. The van der Waals surface area contributed by atoms with Crippen LogP contribution >= 0.6 is 0 Å². The van der Waals surface area contributed by atoms with Crippen LogP contribution in [0.2, 0.25) is 0 Å². The molecule has 0 aromatic rings. The van der Waals surface area contributed by atoms with Gasteiger partial charge in [-0.15, -0.1) is 0 Å². The first kappa shape index (κ1) is 22.9. The van der Waals surface area contributed by atoms with E-state index >= 15 is 0 Å². The molecule has 1 heterocycles. The Morgan fingerprint density at radius 3 is 2.12 bits per heavy atom. The minimum Gasteiger partial charge on any atom is -0.388 e. The van der Waals surface area contributed by atoms with E-state index < -0.39 is 6.10 Å². The predicted molar refractivity (Wildman–Crippen MR) is 103 cm³/mol. The zero-order valence-electron chi connectivity index (χ0n) is 17.0. The number of aliphatic hydroxyl groups is 1. The van der Waals surface area contributed by atoms with Crippen LogP contribution in [0.5, 0.6) is 0 Å². The van der Waals surface area contributed by atoms with E-state index in [-0.39, 0.29) is 12.2 Å². The second kappa shape index (κ2) is 14.0. The maximum Gasteiger partial charge on any atom is 0.114 e. The lowest BCUT2D eigenvalue weighted by atomic mass is 10.00. The van der Waals surface area contributed by atoms with E-state index in [9.17, 15) is 5.11 Å². The van der Waals surface area contributed by atoms with Gasteiger partial charge >= 0.3 is 0 Å². The SMILES string of the molecule is CCCCC(CC)COC[C@@H]1OC[C@H](O)C1OCC(CC)CCCC. The van der Waals surface area contributed by atoms with Crippen LogP contribution in [0, 0.1) is 11.8 Å². The number of hydrogen-bond acceptors (Lipinski definition) is 4. The Kier molecular flexibility index (Phi) is 12.8. The van der Waals surface area contributed by atoms with Gasteiger partial charge in [0.05, 0.1) is 19.8 Å². The van der Waals surface area contributed by atoms with Crippen molar-refractivity contribution >= 4 is 0 Å². The van der Waals surface area contributed by atoms with Gasteiger partial charge in [-0.25, -0.2) is 0 Å². The van der Waals surface area contributed by atoms with Crippen molar-refractivity contribution in [3.8, 4) is 0 Å². The van der Waals surface area contributed by atoms with E-state index in [0.29, 0.717) is 31.7 Å². The highest BCUT2D eigenvalue weighted by Crippen LogP contribution is 2.22. The standard InChI is InChI=1S/C21H42O4/c1-5-9-11-17(7-3)13-23-16-20-21(19(22)15-24-20)25-14-18(8-4)12-10-6-2/h17-22H,5-16H2,1-4H3/t17?,18?,19-,20-,21?/m0/s1. The Balaban J connectivity index is 2.34. The van der Waals surface area contributed by atoms with Crippen molar-refractivity contribution in [1.82, 2.24) is 0 Å². The van der Waals surface area contributed by atoms with Crippen LogP contribution in [-0.2, 0) is 14.2 Å². The van der Waals surface area contributed by atoms with Gasteiger partial charge in [-0.05, 0) is 24.7 Å². The lowest BCUT2D eigenvalue weighted by molar-refractivity contribution is -0.0782. The van der Waals surface area contributed by atoms with Crippen molar-refractivity contribution in [2.24, 2.45) is 11.8 Å². The molecule has 0 spiro atoms.